The van der Waals surface area contributed by atoms with Crippen molar-refractivity contribution in [2.75, 3.05) is 5.75 Å². The highest BCUT2D eigenvalue weighted by atomic mass is 79.9. The zero-order valence-corrected chi connectivity index (χ0v) is 23.2. The second-order valence-corrected chi connectivity index (χ2v) is 10.7. The Morgan fingerprint density at radius 3 is 2.58 bits per heavy atom. The molecule has 9 nitrogen and oxygen atoms in total. The van der Waals surface area contributed by atoms with Crippen LogP contribution in [0.15, 0.2) is 86.1 Å². The topological polar surface area (TPSA) is 106 Å². The fraction of sp³-hybridized carbons (Fsp3) is 0.222. The van der Waals surface area contributed by atoms with E-state index in [9.17, 15) is 9.59 Å². The summed E-state index contributed by atoms with van der Waals surface area (Å²) in [7, 11) is 1.80. The molecule has 5 rings (SSSR count). The van der Waals surface area contributed by atoms with Crippen molar-refractivity contribution in [3.05, 3.63) is 99.7 Å². The highest BCUT2D eigenvalue weighted by molar-refractivity contribution is 9.10. The van der Waals surface area contributed by atoms with Crippen molar-refractivity contribution < 1.29 is 14.0 Å². The normalized spacial score (nSPS) is 15.0. The molecule has 0 radical (unpaired) electrons. The van der Waals surface area contributed by atoms with Gasteiger partial charge in [-0.15, -0.1) is 10.2 Å². The van der Waals surface area contributed by atoms with Gasteiger partial charge in [0.15, 0.2) is 16.7 Å². The highest BCUT2D eigenvalue weighted by Gasteiger charge is 2.33. The van der Waals surface area contributed by atoms with E-state index in [1.165, 1.54) is 18.0 Å². The van der Waals surface area contributed by atoms with Crippen LogP contribution in [-0.4, -0.2) is 43.1 Å². The molecule has 11 heteroatoms. The Labute approximate surface area is 232 Å². The number of rotatable bonds is 8. The molecule has 2 aromatic heterocycles. The van der Waals surface area contributed by atoms with Crippen molar-refractivity contribution in [1.82, 2.24) is 25.1 Å². The second-order valence-electron chi connectivity index (χ2n) is 8.83. The van der Waals surface area contributed by atoms with E-state index in [2.05, 4.69) is 55.7 Å². The maximum atomic E-state index is 13.4. The van der Waals surface area contributed by atoms with Gasteiger partial charge in [-0.25, -0.2) is 5.01 Å². The first-order valence-electron chi connectivity index (χ1n) is 11.9. The minimum absolute atomic E-state index is 0.122. The van der Waals surface area contributed by atoms with Gasteiger partial charge in [0.2, 0.25) is 0 Å². The lowest BCUT2D eigenvalue weighted by atomic mass is 9.98. The SMILES string of the molecule is Cc1ccc(C2CC(c3ccc(Br)cc3)=NN2C(=O)CSc2nnc(CNC(=O)c3ccco3)n2C)cc1. The van der Waals surface area contributed by atoms with Crippen LogP contribution in [0.25, 0.3) is 0 Å². The van der Waals surface area contributed by atoms with Crippen LogP contribution in [0.2, 0.25) is 0 Å². The molecule has 1 aliphatic heterocycles. The smallest absolute Gasteiger partial charge is 0.287 e. The maximum absolute atomic E-state index is 13.4. The van der Waals surface area contributed by atoms with Gasteiger partial charge in [0.25, 0.3) is 11.8 Å². The van der Waals surface area contributed by atoms with Gasteiger partial charge in [-0.3, -0.25) is 9.59 Å². The minimum atomic E-state index is -0.335. The molecule has 38 heavy (non-hydrogen) atoms. The number of hydrogen-bond acceptors (Lipinski definition) is 7. The molecule has 194 valence electrons. The monoisotopic (exact) mass is 592 g/mol. The molecule has 1 unspecified atom stereocenters. The summed E-state index contributed by atoms with van der Waals surface area (Å²) in [4.78, 5) is 25.6. The molecule has 1 aliphatic rings. The third-order valence-corrected chi connectivity index (χ3v) is 7.74. The molecule has 2 amide bonds. The summed E-state index contributed by atoms with van der Waals surface area (Å²) in [5.41, 5.74) is 4.06. The fourth-order valence-corrected chi connectivity index (χ4v) is 5.12. The van der Waals surface area contributed by atoms with Crippen LogP contribution in [0.4, 0.5) is 0 Å². The van der Waals surface area contributed by atoms with Gasteiger partial charge in [-0.05, 0) is 42.3 Å². The van der Waals surface area contributed by atoms with Gasteiger partial charge in [0, 0.05) is 17.9 Å². The Bertz CT molecular complexity index is 1470. The van der Waals surface area contributed by atoms with Crippen LogP contribution in [0.1, 0.15) is 45.5 Å². The van der Waals surface area contributed by atoms with E-state index < -0.39 is 0 Å². The standard InChI is InChI=1S/C27H25BrN6O3S/c1-17-5-7-19(8-6-17)22-14-21(18-9-11-20(28)12-10-18)32-34(22)25(35)16-38-27-31-30-24(33(27)2)15-29-26(36)23-4-3-13-37-23/h3-13,22H,14-16H2,1-2H3,(H,29,36). The molecule has 0 fully saturated rings. The fourth-order valence-electron chi connectivity index (χ4n) is 4.08. The van der Waals surface area contributed by atoms with E-state index >= 15 is 0 Å². The Balaban J connectivity index is 1.28. The van der Waals surface area contributed by atoms with Crippen molar-refractivity contribution in [1.29, 1.82) is 0 Å². The number of nitrogens with zero attached hydrogens (tertiary/aromatic N) is 5. The van der Waals surface area contributed by atoms with Gasteiger partial charge in [-0.2, -0.15) is 5.10 Å². The Hall–Kier alpha value is -3.70. The number of benzene rings is 2. The summed E-state index contributed by atoms with van der Waals surface area (Å²) < 4.78 is 7.86. The molecule has 0 spiro atoms. The number of halogens is 1. The summed E-state index contributed by atoms with van der Waals surface area (Å²) in [6.45, 7) is 2.22. The van der Waals surface area contributed by atoms with Crippen LogP contribution >= 0.6 is 27.7 Å². The number of carbonyl (C=O) groups excluding carboxylic acids is 2. The first-order valence-corrected chi connectivity index (χ1v) is 13.7. The van der Waals surface area contributed by atoms with E-state index in [0.717, 1.165) is 26.9 Å². The largest absolute Gasteiger partial charge is 0.459 e. The summed E-state index contributed by atoms with van der Waals surface area (Å²) in [5, 5.41) is 18.0. The first kappa shape index (κ1) is 25.9. The molecular weight excluding hydrogens is 568 g/mol. The average Bonchev–Trinajstić information content (AvgIpc) is 3.68. The Morgan fingerprint density at radius 1 is 1.11 bits per heavy atom. The molecule has 1 N–H and O–H groups in total. The predicted octanol–water partition coefficient (Wildman–Crippen LogP) is 4.88. The third kappa shape index (κ3) is 5.73. The van der Waals surface area contributed by atoms with Crippen LogP contribution in [-0.2, 0) is 18.4 Å². The zero-order chi connectivity index (χ0) is 26.6. The van der Waals surface area contributed by atoms with E-state index in [-0.39, 0.29) is 35.9 Å². The van der Waals surface area contributed by atoms with Gasteiger partial charge in [0.05, 0.1) is 30.3 Å². The maximum Gasteiger partial charge on any atom is 0.287 e. The number of aryl methyl sites for hydroxylation is 1. The summed E-state index contributed by atoms with van der Waals surface area (Å²) in [6.07, 6.45) is 2.07. The second kappa shape index (κ2) is 11.4. The van der Waals surface area contributed by atoms with E-state index in [1.54, 1.807) is 28.8 Å². The average molecular weight is 594 g/mol. The Morgan fingerprint density at radius 2 is 1.87 bits per heavy atom. The first-order chi connectivity index (χ1) is 18.4. The van der Waals surface area contributed by atoms with Crippen molar-refractivity contribution in [2.45, 2.75) is 31.1 Å². The molecule has 2 aromatic carbocycles. The molecule has 4 aromatic rings. The van der Waals surface area contributed by atoms with Crippen LogP contribution in [0.5, 0.6) is 0 Å². The lowest BCUT2D eigenvalue weighted by Crippen LogP contribution is -2.28. The molecule has 3 heterocycles. The van der Waals surface area contributed by atoms with Gasteiger partial charge < -0.3 is 14.3 Å². The molecule has 1 atom stereocenters. The van der Waals surface area contributed by atoms with Gasteiger partial charge in [0.1, 0.15) is 0 Å². The molecule has 0 bridgehead atoms. The van der Waals surface area contributed by atoms with Crippen molar-refractivity contribution in [3.63, 3.8) is 0 Å². The number of thioether (sulfide) groups is 1. The minimum Gasteiger partial charge on any atom is -0.459 e. The van der Waals surface area contributed by atoms with Crippen LogP contribution in [0.3, 0.4) is 0 Å². The molecule has 0 saturated heterocycles. The van der Waals surface area contributed by atoms with Crippen molar-refractivity contribution in [2.24, 2.45) is 12.1 Å². The van der Waals surface area contributed by atoms with E-state index in [1.807, 2.05) is 31.2 Å². The number of furan rings is 1. The lowest BCUT2D eigenvalue weighted by Gasteiger charge is -2.22. The highest BCUT2D eigenvalue weighted by Crippen LogP contribution is 2.34. The van der Waals surface area contributed by atoms with Gasteiger partial charge >= 0.3 is 0 Å². The lowest BCUT2D eigenvalue weighted by molar-refractivity contribution is -0.130. The quantitative estimate of drug-likeness (QED) is 0.292. The number of nitrogens with one attached hydrogen (secondary N) is 1. The third-order valence-electron chi connectivity index (χ3n) is 6.21. The van der Waals surface area contributed by atoms with Crippen molar-refractivity contribution in [3.8, 4) is 0 Å². The number of hydrazone groups is 1. The number of hydrogen-bond donors (Lipinski definition) is 1. The summed E-state index contributed by atoms with van der Waals surface area (Å²) in [5.74, 6) is 0.476. The summed E-state index contributed by atoms with van der Waals surface area (Å²) in [6, 6.07) is 19.2. The van der Waals surface area contributed by atoms with E-state index in [0.29, 0.717) is 17.4 Å². The van der Waals surface area contributed by atoms with Gasteiger partial charge in [-0.1, -0.05) is 69.7 Å². The zero-order valence-electron chi connectivity index (χ0n) is 20.8. The van der Waals surface area contributed by atoms with Crippen LogP contribution in [0, 0.1) is 6.92 Å². The molecule has 0 saturated carbocycles. The summed E-state index contributed by atoms with van der Waals surface area (Å²) >= 11 is 4.76. The molecule has 0 aliphatic carbocycles. The number of aromatic nitrogens is 3. The Kier molecular flexibility index (Phi) is 7.75. The van der Waals surface area contributed by atoms with Crippen LogP contribution < -0.4 is 5.32 Å². The predicted molar refractivity (Wildman–Crippen MR) is 148 cm³/mol. The number of carbonyl (C=O) groups is 2. The van der Waals surface area contributed by atoms with Crippen molar-refractivity contribution >= 4 is 45.2 Å². The van der Waals surface area contributed by atoms with E-state index in [4.69, 9.17) is 9.52 Å². The molecular formula is C27H25BrN6O3S. The number of amides is 2.